The van der Waals surface area contributed by atoms with Gasteiger partial charge in [-0.25, -0.2) is 13.8 Å². The molecule has 48 heavy (non-hydrogen) atoms. The van der Waals surface area contributed by atoms with Gasteiger partial charge in [-0.05, 0) is 84.6 Å². The second-order valence-corrected chi connectivity index (χ2v) is 12.7. The number of allylic oxidation sites excluding steroid dienone is 2. The Kier molecular flexibility index (Phi) is 9.98. The van der Waals surface area contributed by atoms with Crippen LogP contribution in [0.4, 0.5) is 27.8 Å². The van der Waals surface area contributed by atoms with Crippen LogP contribution in [-0.2, 0) is 23.3 Å². The quantitative estimate of drug-likeness (QED) is 0.181. The van der Waals surface area contributed by atoms with Crippen molar-refractivity contribution in [2.75, 3.05) is 24.5 Å². The highest BCUT2D eigenvalue weighted by atomic mass is 32.2. The fourth-order valence-electron chi connectivity index (χ4n) is 5.97. The summed E-state index contributed by atoms with van der Waals surface area (Å²) in [5, 5.41) is 4.00. The first-order valence-corrected chi connectivity index (χ1v) is 16.5. The number of carbonyl (C=O) groups is 1. The number of thioether (sulfide) groups is 1. The standard InChI is InChI=1S/C37H33F5N4OS/c1-24-20-34(48-23-28-4-2-6-32(38)35(28)39)46(36-31(24)5-3-17-44-36)22-33(47)45(30-15-18-43-19-16-30)21-25-7-9-26(10-8-25)27-11-13-29(14-12-27)37(40,41)42/h2-14,17,20,30,43H,1,15-16,18-19,21-23H2. The molecule has 2 aliphatic heterocycles. The second kappa shape index (κ2) is 14.3. The molecule has 248 valence electrons. The number of nitrogens with zero attached hydrogens (tertiary/aromatic N) is 3. The molecule has 0 saturated carbocycles. The molecular weight excluding hydrogens is 643 g/mol. The van der Waals surface area contributed by atoms with Crippen LogP contribution in [0.25, 0.3) is 16.7 Å². The van der Waals surface area contributed by atoms with Crippen LogP contribution in [0, 0.1) is 11.6 Å². The van der Waals surface area contributed by atoms with E-state index in [-0.39, 0.29) is 29.8 Å². The van der Waals surface area contributed by atoms with Crippen LogP contribution in [0.3, 0.4) is 0 Å². The largest absolute Gasteiger partial charge is 0.416 e. The van der Waals surface area contributed by atoms with Crippen molar-refractivity contribution in [3.8, 4) is 11.1 Å². The molecule has 0 aliphatic carbocycles. The topological polar surface area (TPSA) is 48.5 Å². The van der Waals surface area contributed by atoms with Crippen molar-refractivity contribution >= 4 is 29.1 Å². The van der Waals surface area contributed by atoms with Gasteiger partial charge in [-0.15, -0.1) is 11.8 Å². The summed E-state index contributed by atoms with van der Waals surface area (Å²) >= 11 is 1.28. The van der Waals surface area contributed by atoms with Crippen molar-refractivity contribution in [2.24, 2.45) is 0 Å². The van der Waals surface area contributed by atoms with Gasteiger partial charge in [0.05, 0.1) is 10.6 Å². The number of amides is 1. The number of aromatic nitrogens is 1. The van der Waals surface area contributed by atoms with Crippen molar-refractivity contribution in [1.82, 2.24) is 15.2 Å². The molecule has 1 amide bonds. The zero-order valence-electron chi connectivity index (χ0n) is 25.9. The minimum absolute atomic E-state index is 0.0160. The fraction of sp³-hybridized carbons (Fsp3) is 0.243. The number of benzene rings is 3. The maximum Gasteiger partial charge on any atom is 0.416 e. The lowest BCUT2D eigenvalue weighted by atomic mass is 10.0. The van der Waals surface area contributed by atoms with Gasteiger partial charge < -0.3 is 15.1 Å². The van der Waals surface area contributed by atoms with Gasteiger partial charge in [0.25, 0.3) is 0 Å². The summed E-state index contributed by atoms with van der Waals surface area (Å²) in [7, 11) is 0. The number of hydrogen-bond acceptors (Lipinski definition) is 5. The smallest absolute Gasteiger partial charge is 0.334 e. The highest BCUT2D eigenvalue weighted by molar-refractivity contribution is 8.02. The number of fused-ring (bicyclic) bond motifs is 1. The molecule has 11 heteroatoms. The molecule has 0 atom stereocenters. The Hall–Kier alpha value is -4.48. The molecule has 6 rings (SSSR count). The number of carbonyl (C=O) groups excluding carboxylic acids is 1. The predicted molar refractivity (Wildman–Crippen MR) is 180 cm³/mol. The maximum atomic E-state index is 14.5. The van der Waals surface area contributed by atoms with E-state index in [9.17, 15) is 26.7 Å². The average molecular weight is 677 g/mol. The Labute approximate surface area is 280 Å². The Morgan fingerprint density at radius 2 is 1.65 bits per heavy atom. The summed E-state index contributed by atoms with van der Waals surface area (Å²) in [4.78, 5) is 22.6. The molecule has 0 unspecified atom stereocenters. The molecular formula is C37H33F5N4OS. The van der Waals surface area contributed by atoms with E-state index in [1.165, 1.54) is 36.0 Å². The van der Waals surface area contributed by atoms with E-state index in [4.69, 9.17) is 0 Å². The van der Waals surface area contributed by atoms with E-state index in [2.05, 4.69) is 16.9 Å². The third kappa shape index (κ3) is 7.47. The van der Waals surface area contributed by atoms with Crippen molar-refractivity contribution in [3.63, 3.8) is 0 Å². The monoisotopic (exact) mass is 676 g/mol. The van der Waals surface area contributed by atoms with Gasteiger partial charge in [0.15, 0.2) is 11.6 Å². The van der Waals surface area contributed by atoms with Gasteiger partial charge in [0, 0.05) is 35.7 Å². The van der Waals surface area contributed by atoms with E-state index in [0.29, 0.717) is 28.5 Å². The molecule has 1 saturated heterocycles. The lowest BCUT2D eigenvalue weighted by molar-refractivity contribution is -0.137. The first-order valence-electron chi connectivity index (χ1n) is 15.5. The molecule has 0 radical (unpaired) electrons. The van der Waals surface area contributed by atoms with Gasteiger partial charge >= 0.3 is 6.18 Å². The average Bonchev–Trinajstić information content (AvgIpc) is 3.09. The number of nitrogens with one attached hydrogen (secondary N) is 1. The zero-order chi connectivity index (χ0) is 33.8. The summed E-state index contributed by atoms with van der Waals surface area (Å²) in [6.45, 7) is 6.03. The Morgan fingerprint density at radius 1 is 0.958 bits per heavy atom. The summed E-state index contributed by atoms with van der Waals surface area (Å²) in [5.41, 5.74) is 3.30. The third-order valence-electron chi connectivity index (χ3n) is 8.57. The van der Waals surface area contributed by atoms with Crippen LogP contribution in [0.15, 0.2) is 103 Å². The molecule has 3 aromatic carbocycles. The lowest BCUT2D eigenvalue weighted by Gasteiger charge is -2.38. The van der Waals surface area contributed by atoms with Gasteiger partial charge in [-0.1, -0.05) is 55.1 Å². The SMILES string of the molecule is C=C1C=C(SCc2cccc(F)c2F)N(CC(=O)N(Cc2ccc(-c3ccc(C(F)(F)F)cc3)cc2)C2CCNCC2)c2ncccc21. The number of piperidine rings is 1. The number of anilines is 1. The second-order valence-electron chi connectivity index (χ2n) is 11.7. The molecule has 1 N–H and O–H groups in total. The third-order valence-corrected chi connectivity index (χ3v) is 9.66. The molecule has 1 fully saturated rings. The number of halogens is 5. The predicted octanol–water partition coefficient (Wildman–Crippen LogP) is 8.43. The Bertz CT molecular complexity index is 1820. The van der Waals surface area contributed by atoms with Crippen LogP contribution >= 0.6 is 11.8 Å². The highest BCUT2D eigenvalue weighted by Crippen LogP contribution is 2.39. The van der Waals surface area contributed by atoms with Crippen molar-refractivity contribution in [1.29, 1.82) is 0 Å². The Morgan fingerprint density at radius 3 is 2.33 bits per heavy atom. The fourth-order valence-corrected chi connectivity index (χ4v) is 7.03. The van der Waals surface area contributed by atoms with E-state index in [1.807, 2.05) is 46.2 Å². The van der Waals surface area contributed by atoms with E-state index in [0.717, 1.165) is 60.8 Å². The summed E-state index contributed by atoms with van der Waals surface area (Å²) < 4.78 is 67.6. The van der Waals surface area contributed by atoms with Crippen LogP contribution < -0.4 is 10.2 Å². The molecule has 1 aromatic heterocycles. The molecule has 3 heterocycles. The van der Waals surface area contributed by atoms with E-state index < -0.39 is 23.4 Å². The Balaban J connectivity index is 1.24. The number of rotatable bonds is 9. The lowest BCUT2D eigenvalue weighted by Crippen LogP contribution is -2.49. The molecule has 0 bridgehead atoms. The van der Waals surface area contributed by atoms with Crippen LogP contribution in [0.1, 0.15) is 35.1 Å². The van der Waals surface area contributed by atoms with E-state index in [1.54, 1.807) is 12.3 Å². The molecule has 0 spiro atoms. The normalized spacial score (nSPS) is 15.2. The van der Waals surface area contributed by atoms with E-state index >= 15 is 0 Å². The van der Waals surface area contributed by atoms with Gasteiger partial charge in [0.1, 0.15) is 12.4 Å². The first-order chi connectivity index (χ1) is 23.1. The summed E-state index contributed by atoms with van der Waals surface area (Å²) in [5.74, 6) is -1.24. The van der Waals surface area contributed by atoms with Gasteiger partial charge in [-0.2, -0.15) is 13.2 Å². The minimum atomic E-state index is -4.40. The van der Waals surface area contributed by atoms with Gasteiger partial charge in [-0.3, -0.25) is 4.79 Å². The first kappa shape index (κ1) is 33.4. The summed E-state index contributed by atoms with van der Waals surface area (Å²) in [6.07, 6.45) is 0.636. The van der Waals surface area contributed by atoms with Gasteiger partial charge in [0.2, 0.25) is 5.91 Å². The minimum Gasteiger partial charge on any atom is -0.334 e. The van der Waals surface area contributed by atoms with Crippen molar-refractivity contribution in [3.05, 3.63) is 137 Å². The number of hydrogen-bond donors (Lipinski definition) is 1. The maximum absolute atomic E-state index is 14.5. The molecule has 2 aliphatic rings. The highest BCUT2D eigenvalue weighted by Gasteiger charge is 2.32. The number of alkyl halides is 3. The molecule has 5 nitrogen and oxygen atoms in total. The van der Waals surface area contributed by atoms with Crippen molar-refractivity contribution in [2.45, 2.75) is 37.4 Å². The molecule has 4 aromatic rings. The van der Waals surface area contributed by atoms with Crippen molar-refractivity contribution < 1.29 is 26.7 Å². The van der Waals surface area contributed by atoms with Crippen LogP contribution in [-0.4, -0.2) is 41.5 Å². The number of pyridine rings is 1. The van der Waals surface area contributed by atoms with Crippen LogP contribution in [0.2, 0.25) is 0 Å². The van der Waals surface area contributed by atoms with Crippen LogP contribution in [0.5, 0.6) is 0 Å². The zero-order valence-corrected chi connectivity index (χ0v) is 26.8. The summed E-state index contributed by atoms with van der Waals surface area (Å²) in [6, 6.07) is 20.3.